The molecule has 0 radical (unpaired) electrons. The molecule has 6 rings (SSSR count). The lowest BCUT2D eigenvalue weighted by Crippen LogP contribution is -2.41. The maximum atomic E-state index is 13.8. The Morgan fingerprint density at radius 2 is 1.84 bits per heavy atom. The van der Waals surface area contributed by atoms with Gasteiger partial charge in [-0.2, -0.15) is 0 Å². The number of ether oxygens (including phenoxy) is 1. The van der Waals surface area contributed by atoms with Gasteiger partial charge in [-0.1, -0.05) is 48.5 Å². The number of hydrogen-bond acceptors (Lipinski definition) is 5. The molecule has 1 saturated heterocycles. The van der Waals surface area contributed by atoms with E-state index in [0.29, 0.717) is 17.7 Å². The van der Waals surface area contributed by atoms with Crippen molar-refractivity contribution >= 4 is 17.0 Å². The number of aromatic nitrogens is 1. The van der Waals surface area contributed by atoms with Gasteiger partial charge in [-0.15, -0.1) is 0 Å². The first-order valence-electron chi connectivity index (χ1n) is 13.0. The van der Waals surface area contributed by atoms with E-state index in [9.17, 15) is 9.59 Å². The summed E-state index contributed by atoms with van der Waals surface area (Å²) in [6.45, 7) is 3.35. The summed E-state index contributed by atoms with van der Waals surface area (Å²) in [5.74, 6) is 0.330. The quantitative estimate of drug-likeness (QED) is 0.351. The van der Waals surface area contributed by atoms with Crippen molar-refractivity contribution in [2.24, 2.45) is 0 Å². The van der Waals surface area contributed by atoms with Crippen LogP contribution in [0.4, 0.5) is 0 Å². The Morgan fingerprint density at radius 1 is 1.03 bits per heavy atom. The fourth-order valence-corrected chi connectivity index (χ4v) is 5.34. The standard InChI is InChI=1S/C30H31N3O4/c34-28(30(13-14-30)23-11-12-27-25(18-23)32-29(35)37-27)31-26(19-33-15-4-5-16-33)22-9-6-10-24(17-22)36-20-21-7-2-1-3-8-21/h1-3,6-12,17-18,26H,4-5,13-16,19-20H2,(H,31,34)(H,32,35). The molecule has 4 aromatic rings. The Balaban J connectivity index is 1.23. The van der Waals surface area contributed by atoms with E-state index < -0.39 is 11.2 Å². The summed E-state index contributed by atoms with van der Waals surface area (Å²) in [7, 11) is 0. The van der Waals surface area contributed by atoms with Gasteiger partial charge in [0.15, 0.2) is 5.58 Å². The molecule has 1 amide bonds. The number of likely N-dealkylation sites (tertiary alicyclic amines) is 1. The maximum Gasteiger partial charge on any atom is 0.417 e. The summed E-state index contributed by atoms with van der Waals surface area (Å²) >= 11 is 0. The van der Waals surface area contributed by atoms with E-state index in [1.165, 1.54) is 12.8 Å². The molecule has 2 heterocycles. The molecular weight excluding hydrogens is 466 g/mol. The highest BCUT2D eigenvalue weighted by molar-refractivity contribution is 5.92. The van der Waals surface area contributed by atoms with E-state index in [2.05, 4.69) is 21.3 Å². The Labute approximate surface area is 215 Å². The van der Waals surface area contributed by atoms with Crippen molar-refractivity contribution in [1.82, 2.24) is 15.2 Å². The topological polar surface area (TPSA) is 87.6 Å². The average Bonchev–Trinajstić information content (AvgIpc) is 3.41. The highest BCUT2D eigenvalue weighted by atomic mass is 16.5. The molecule has 7 nitrogen and oxygen atoms in total. The number of rotatable bonds is 9. The fourth-order valence-electron chi connectivity index (χ4n) is 5.34. The maximum absolute atomic E-state index is 13.8. The molecule has 1 unspecified atom stereocenters. The molecule has 1 saturated carbocycles. The minimum atomic E-state index is -0.576. The van der Waals surface area contributed by atoms with Gasteiger partial charge in [-0.05, 0) is 79.7 Å². The fraction of sp³-hybridized carbons (Fsp3) is 0.333. The molecule has 0 bridgehead atoms. The first-order chi connectivity index (χ1) is 18.1. The zero-order chi connectivity index (χ0) is 25.2. The summed E-state index contributed by atoms with van der Waals surface area (Å²) < 4.78 is 11.2. The van der Waals surface area contributed by atoms with Crippen LogP contribution in [0.2, 0.25) is 0 Å². The minimum absolute atomic E-state index is 0.0255. The van der Waals surface area contributed by atoms with E-state index in [1.807, 2.05) is 60.7 Å². The molecule has 1 aliphatic heterocycles. The van der Waals surface area contributed by atoms with Crippen LogP contribution in [-0.2, 0) is 16.8 Å². The number of nitrogens with zero attached hydrogens (tertiary/aromatic N) is 1. The monoisotopic (exact) mass is 497 g/mol. The number of hydrogen-bond donors (Lipinski definition) is 2. The zero-order valence-corrected chi connectivity index (χ0v) is 20.7. The van der Waals surface area contributed by atoms with Crippen LogP contribution >= 0.6 is 0 Å². The van der Waals surface area contributed by atoms with Crippen molar-refractivity contribution in [2.45, 2.75) is 43.7 Å². The summed E-state index contributed by atoms with van der Waals surface area (Å²) in [6, 6.07) is 23.6. The van der Waals surface area contributed by atoms with Crippen LogP contribution in [0.5, 0.6) is 5.75 Å². The second-order valence-corrected chi connectivity index (χ2v) is 10.2. The summed E-state index contributed by atoms with van der Waals surface area (Å²) in [4.78, 5) is 30.5. The molecule has 3 aromatic carbocycles. The predicted octanol–water partition coefficient (Wildman–Crippen LogP) is 4.69. The SMILES string of the molecule is O=C(NC(CN1CCCC1)c1cccc(OCc2ccccc2)c1)C1(c2ccc3oc(=O)[nH]c3c2)CC1. The smallest absolute Gasteiger partial charge is 0.417 e. The van der Waals surface area contributed by atoms with Crippen LogP contribution in [0.1, 0.15) is 48.4 Å². The summed E-state index contributed by atoms with van der Waals surface area (Å²) in [5.41, 5.74) is 3.61. The number of amides is 1. The Hall–Kier alpha value is -3.84. The van der Waals surface area contributed by atoms with E-state index >= 15 is 0 Å². The summed E-state index contributed by atoms with van der Waals surface area (Å²) in [5, 5.41) is 3.38. The molecular formula is C30H31N3O4. The van der Waals surface area contributed by atoms with Crippen LogP contribution in [0, 0.1) is 0 Å². The van der Waals surface area contributed by atoms with Gasteiger partial charge >= 0.3 is 5.76 Å². The first-order valence-corrected chi connectivity index (χ1v) is 13.0. The molecule has 2 aliphatic rings. The summed E-state index contributed by atoms with van der Waals surface area (Å²) in [6.07, 6.45) is 3.94. The molecule has 7 heteroatoms. The number of fused-ring (bicyclic) bond motifs is 1. The number of nitrogens with one attached hydrogen (secondary N) is 2. The van der Waals surface area contributed by atoms with Gasteiger partial charge in [0.1, 0.15) is 12.4 Å². The van der Waals surface area contributed by atoms with Crippen molar-refractivity contribution < 1.29 is 13.9 Å². The van der Waals surface area contributed by atoms with Gasteiger partial charge < -0.3 is 19.4 Å². The molecule has 2 N–H and O–H groups in total. The van der Waals surface area contributed by atoms with Crippen molar-refractivity contribution in [3.8, 4) is 5.75 Å². The molecule has 190 valence electrons. The van der Waals surface area contributed by atoms with Crippen LogP contribution < -0.4 is 15.8 Å². The first kappa shape index (κ1) is 23.6. The van der Waals surface area contributed by atoms with Gasteiger partial charge in [0, 0.05) is 6.54 Å². The number of carbonyl (C=O) groups excluding carboxylic acids is 1. The van der Waals surface area contributed by atoms with E-state index in [-0.39, 0.29) is 11.9 Å². The minimum Gasteiger partial charge on any atom is -0.489 e. The average molecular weight is 498 g/mol. The van der Waals surface area contributed by atoms with Crippen LogP contribution in [0.25, 0.3) is 11.1 Å². The van der Waals surface area contributed by atoms with Crippen LogP contribution in [-0.4, -0.2) is 35.4 Å². The second kappa shape index (κ2) is 9.90. The van der Waals surface area contributed by atoms with E-state index in [1.54, 1.807) is 6.07 Å². The number of oxazole rings is 1. The van der Waals surface area contributed by atoms with Crippen molar-refractivity contribution in [1.29, 1.82) is 0 Å². The highest BCUT2D eigenvalue weighted by Gasteiger charge is 2.52. The predicted molar refractivity (Wildman–Crippen MR) is 142 cm³/mol. The second-order valence-electron chi connectivity index (χ2n) is 10.2. The molecule has 2 fully saturated rings. The van der Waals surface area contributed by atoms with Gasteiger partial charge in [0.2, 0.25) is 5.91 Å². The molecule has 1 aliphatic carbocycles. The Bertz CT molecular complexity index is 1450. The van der Waals surface area contributed by atoms with Crippen molar-refractivity contribution in [3.63, 3.8) is 0 Å². The lowest BCUT2D eigenvalue weighted by atomic mass is 9.93. The Morgan fingerprint density at radius 3 is 2.62 bits per heavy atom. The van der Waals surface area contributed by atoms with Crippen molar-refractivity contribution in [2.75, 3.05) is 19.6 Å². The van der Waals surface area contributed by atoms with Crippen LogP contribution in [0.3, 0.4) is 0 Å². The van der Waals surface area contributed by atoms with Gasteiger partial charge in [-0.3, -0.25) is 9.78 Å². The third kappa shape index (κ3) is 5.04. The zero-order valence-electron chi connectivity index (χ0n) is 20.7. The Kier molecular flexibility index (Phi) is 6.30. The van der Waals surface area contributed by atoms with Crippen LogP contribution in [0.15, 0.2) is 82.0 Å². The molecule has 37 heavy (non-hydrogen) atoms. The van der Waals surface area contributed by atoms with Crippen molar-refractivity contribution in [3.05, 3.63) is 100 Å². The number of benzene rings is 3. The largest absolute Gasteiger partial charge is 0.489 e. The third-order valence-electron chi connectivity index (χ3n) is 7.61. The van der Waals surface area contributed by atoms with E-state index in [0.717, 1.165) is 54.9 Å². The lowest BCUT2D eigenvalue weighted by molar-refractivity contribution is -0.124. The highest BCUT2D eigenvalue weighted by Crippen LogP contribution is 2.49. The van der Waals surface area contributed by atoms with Gasteiger partial charge in [0.25, 0.3) is 0 Å². The third-order valence-corrected chi connectivity index (χ3v) is 7.61. The number of H-pyrrole nitrogens is 1. The van der Waals surface area contributed by atoms with E-state index in [4.69, 9.17) is 9.15 Å². The lowest BCUT2D eigenvalue weighted by Gasteiger charge is -2.27. The van der Waals surface area contributed by atoms with Gasteiger partial charge in [0.05, 0.1) is 17.0 Å². The molecule has 1 aromatic heterocycles. The number of aromatic amines is 1. The number of carbonyl (C=O) groups is 1. The molecule has 0 spiro atoms. The molecule has 1 atom stereocenters. The normalized spacial score (nSPS) is 17.5. The van der Waals surface area contributed by atoms with Gasteiger partial charge in [-0.25, -0.2) is 4.79 Å².